The number of aliphatic hydroxyl groups is 1. The first-order chi connectivity index (χ1) is 10.2. The fourth-order valence-electron chi connectivity index (χ4n) is 2.45. The second-order valence-corrected chi connectivity index (χ2v) is 6.42. The summed E-state index contributed by atoms with van der Waals surface area (Å²) < 4.78 is 5.76. The van der Waals surface area contributed by atoms with Crippen LogP contribution < -0.4 is 0 Å². The first-order valence-electron chi connectivity index (χ1n) is 6.89. The van der Waals surface area contributed by atoms with Gasteiger partial charge in [0.2, 0.25) is 0 Å². The van der Waals surface area contributed by atoms with Crippen LogP contribution in [0, 0.1) is 0 Å². The van der Waals surface area contributed by atoms with Crippen LogP contribution in [-0.4, -0.2) is 41.2 Å². The fraction of sp³-hybridized carbons (Fsp3) is 0.400. The molecule has 1 N–H and O–H groups in total. The molecule has 1 aromatic heterocycles. The highest BCUT2D eigenvalue weighted by Gasteiger charge is 2.25. The van der Waals surface area contributed by atoms with Gasteiger partial charge in [-0.15, -0.1) is 11.3 Å². The Labute approximate surface area is 133 Å². The molecule has 2 atom stereocenters. The van der Waals surface area contributed by atoms with Gasteiger partial charge in [0.25, 0.3) is 0 Å². The van der Waals surface area contributed by atoms with E-state index in [1.54, 1.807) is 29.7 Å². The van der Waals surface area contributed by atoms with E-state index in [2.05, 4.69) is 9.88 Å². The van der Waals surface area contributed by atoms with E-state index in [-0.39, 0.29) is 6.10 Å². The van der Waals surface area contributed by atoms with Crippen molar-refractivity contribution in [3.8, 4) is 0 Å². The summed E-state index contributed by atoms with van der Waals surface area (Å²) in [7, 11) is 0. The van der Waals surface area contributed by atoms with Gasteiger partial charge < -0.3 is 9.84 Å². The molecule has 1 fully saturated rings. The first-order valence-corrected chi connectivity index (χ1v) is 8.15. The third kappa shape index (κ3) is 3.81. The Morgan fingerprint density at radius 1 is 1.43 bits per heavy atom. The SMILES string of the molecule is OC(CN1CCOC(c2nccs2)C1)c1ccc(Cl)cc1. The maximum absolute atomic E-state index is 10.3. The summed E-state index contributed by atoms with van der Waals surface area (Å²) in [5.74, 6) is 0. The van der Waals surface area contributed by atoms with Gasteiger partial charge in [-0.05, 0) is 17.7 Å². The normalized spacial score (nSPS) is 21.3. The molecule has 0 saturated carbocycles. The Balaban J connectivity index is 1.60. The smallest absolute Gasteiger partial charge is 0.123 e. The molecule has 2 aromatic rings. The Morgan fingerprint density at radius 2 is 2.24 bits per heavy atom. The average Bonchev–Trinajstić information content (AvgIpc) is 3.02. The molecule has 0 amide bonds. The van der Waals surface area contributed by atoms with Crippen LogP contribution >= 0.6 is 22.9 Å². The third-order valence-corrected chi connectivity index (χ3v) is 4.68. The summed E-state index contributed by atoms with van der Waals surface area (Å²) >= 11 is 7.48. The summed E-state index contributed by atoms with van der Waals surface area (Å²) in [5.41, 5.74) is 0.886. The molecule has 1 aliphatic rings. The van der Waals surface area contributed by atoms with Gasteiger partial charge in [0.15, 0.2) is 0 Å². The minimum atomic E-state index is -0.516. The lowest BCUT2D eigenvalue weighted by atomic mass is 10.1. The van der Waals surface area contributed by atoms with Crippen molar-refractivity contribution in [2.24, 2.45) is 0 Å². The van der Waals surface area contributed by atoms with Crippen molar-refractivity contribution < 1.29 is 9.84 Å². The average molecular weight is 325 g/mol. The van der Waals surface area contributed by atoms with Gasteiger partial charge in [-0.3, -0.25) is 4.90 Å². The number of aromatic nitrogens is 1. The quantitative estimate of drug-likeness (QED) is 0.939. The van der Waals surface area contributed by atoms with E-state index in [1.165, 1.54) is 0 Å². The minimum absolute atomic E-state index is 0.0103. The molecule has 2 unspecified atom stereocenters. The molecular weight excluding hydrogens is 308 g/mol. The van der Waals surface area contributed by atoms with Crippen LogP contribution in [0.1, 0.15) is 22.8 Å². The highest BCUT2D eigenvalue weighted by molar-refractivity contribution is 7.09. The molecule has 1 aromatic carbocycles. The summed E-state index contributed by atoms with van der Waals surface area (Å²) in [6.07, 6.45) is 1.29. The van der Waals surface area contributed by atoms with Crippen molar-refractivity contribution in [3.63, 3.8) is 0 Å². The molecule has 0 spiro atoms. The summed E-state index contributed by atoms with van der Waals surface area (Å²) in [6, 6.07) is 7.34. The number of benzene rings is 1. The maximum atomic E-state index is 10.3. The highest BCUT2D eigenvalue weighted by atomic mass is 35.5. The number of hydrogen-bond donors (Lipinski definition) is 1. The molecule has 112 valence electrons. The zero-order valence-electron chi connectivity index (χ0n) is 11.5. The van der Waals surface area contributed by atoms with Crippen LogP contribution in [0.4, 0.5) is 0 Å². The monoisotopic (exact) mass is 324 g/mol. The standard InChI is InChI=1S/C15H17ClN2O2S/c16-12-3-1-11(2-4-12)13(19)9-18-6-7-20-14(10-18)15-17-5-8-21-15/h1-5,8,13-14,19H,6-7,9-10H2. The van der Waals surface area contributed by atoms with E-state index in [0.717, 1.165) is 23.7 Å². The van der Waals surface area contributed by atoms with Crippen molar-refractivity contribution in [2.45, 2.75) is 12.2 Å². The zero-order valence-corrected chi connectivity index (χ0v) is 13.1. The summed E-state index contributed by atoms with van der Waals surface area (Å²) in [4.78, 5) is 6.53. The maximum Gasteiger partial charge on any atom is 0.123 e. The van der Waals surface area contributed by atoms with Gasteiger partial charge in [0, 0.05) is 36.2 Å². The lowest BCUT2D eigenvalue weighted by molar-refractivity contribution is -0.0424. The van der Waals surface area contributed by atoms with E-state index in [0.29, 0.717) is 18.2 Å². The number of ether oxygens (including phenoxy) is 1. The number of nitrogens with zero attached hydrogens (tertiary/aromatic N) is 2. The van der Waals surface area contributed by atoms with E-state index in [4.69, 9.17) is 16.3 Å². The number of halogens is 1. The Bertz CT molecular complexity index is 562. The fourth-order valence-corrected chi connectivity index (χ4v) is 3.25. The van der Waals surface area contributed by atoms with Gasteiger partial charge in [-0.25, -0.2) is 4.98 Å². The van der Waals surface area contributed by atoms with Crippen LogP contribution in [0.25, 0.3) is 0 Å². The highest BCUT2D eigenvalue weighted by Crippen LogP contribution is 2.25. The molecule has 21 heavy (non-hydrogen) atoms. The zero-order chi connectivity index (χ0) is 14.7. The Morgan fingerprint density at radius 3 is 2.95 bits per heavy atom. The molecular formula is C15H17ClN2O2S. The number of aliphatic hydroxyl groups excluding tert-OH is 1. The Kier molecular flexibility index (Phi) is 4.87. The van der Waals surface area contributed by atoms with E-state index >= 15 is 0 Å². The van der Waals surface area contributed by atoms with Crippen molar-refractivity contribution >= 4 is 22.9 Å². The van der Waals surface area contributed by atoms with Gasteiger partial charge in [-0.1, -0.05) is 23.7 Å². The van der Waals surface area contributed by atoms with Gasteiger partial charge in [0.05, 0.1) is 12.7 Å². The minimum Gasteiger partial charge on any atom is -0.387 e. The number of rotatable bonds is 4. The molecule has 2 heterocycles. The second kappa shape index (κ2) is 6.85. The number of β-amino-alcohol motifs (C(OH)–C–C–N with tert-alkyl or cyclic N) is 1. The van der Waals surface area contributed by atoms with E-state index < -0.39 is 6.10 Å². The number of thiazole rings is 1. The molecule has 1 aliphatic heterocycles. The molecule has 0 aliphatic carbocycles. The van der Waals surface area contributed by atoms with Crippen molar-refractivity contribution in [1.29, 1.82) is 0 Å². The molecule has 3 rings (SSSR count). The van der Waals surface area contributed by atoms with Gasteiger partial charge in [0.1, 0.15) is 11.1 Å². The summed E-state index contributed by atoms with van der Waals surface area (Å²) in [5, 5.41) is 14.0. The predicted octanol–water partition coefficient (Wildman–Crippen LogP) is 2.90. The lowest BCUT2D eigenvalue weighted by Gasteiger charge is -2.33. The Hall–Kier alpha value is -0.980. The predicted molar refractivity (Wildman–Crippen MR) is 83.7 cm³/mol. The molecule has 4 nitrogen and oxygen atoms in total. The van der Waals surface area contributed by atoms with Gasteiger partial charge in [-0.2, -0.15) is 0 Å². The van der Waals surface area contributed by atoms with E-state index in [9.17, 15) is 5.11 Å². The molecule has 0 radical (unpaired) electrons. The number of hydrogen-bond acceptors (Lipinski definition) is 5. The van der Waals surface area contributed by atoms with Crippen molar-refractivity contribution in [3.05, 3.63) is 51.4 Å². The molecule has 0 bridgehead atoms. The van der Waals surface area contributed by atoms with Crippen LogP contribution in [0.2, 0.25) is 5.02 Å². The topological polar surface area (TPSA) is 45.6 Å². The second-order valence-electron chi connectivity index (χ2n) is 5.06. The lowest BCUT2D eigenvalue weighted by Crippen LogP contribution is -2.40. The van der Waals surface area contributed by atoms with Crippen LogP contribution in [0.3, 0.4) is 0 Å². The number of morpholine rings is 1. The van der Waals surface area contributed by atoms with Crippen molar-refractivity contribution in [2.75, 3.05) is 26.2 Å². The van der Waals surface area contributed by atoms with E-state index in [1.807, 2.05) is 17.5 Å². The van der Waals surface area contributed by atoms with Crippen LogP contribution in [0.15, 0.2) is 35.8 Å². The van der Waals surface area contributed by atoms with Gasteiger partial charge >= 0.3 is 0 Å². The largest absolute Gasteiger partial charge is 0.387 e. The third-order valence-electron chi connectivity index (χ3n) is 3.56. The van der Waals surface area contributed by atoms with Crippen LogP contribution in [0.5, 0.6) is 0 Å². The summed E-state index contributed by atoms with van der Waals surface area (Å²) in [6.45, 7) is 2.84. The molecule has 1 saturated heterocycles. The molecule has 6 heteroatoms. The first kappa shape index (κ1) is 14.9. The van der Waals surface area contributed by atoms with Crippen molar-refractivity contribution in [1.82, 2.24) is 9.88 Å². The van der Waals surface area contributed by atoms with Crippen LogP contribution in [-0.2, 0) is 4.74 Å².